The number of halogens is 1. The Hall–Kier alpha value is -2.89. The highest BCUT2D eigenvalue weighted by Crippen LogP contribution is 2.25. The first kappa shape index (κ1) is 17.5. The topological polar surface area (TPSA) is 75.6 Å². The molecule has 0 aromatic heterocycles. The summed E-state index contributed by atoms with van der Waals surface area (Å²) in [5.74, 6) is -1.53. The summed E-state index contributed by atoms with van der Waals surface area (Å²) in [6.07, 6.45) is -1.11. The van der Waals surface area contributed by atoms with Crippen LogP contribution in [0.5, 0.6) is 0 Å². The fraction of sp³-hybridized carbons (Fsp3) is 0.222. The predicted molar refractivity (Wildman–Crippen MR) is 85.8 cm³/mol. The molecule has 1 amide bonds. The van der Waals surface area contributed by atoms with Gasteiger partial charge in [-0.2, -0.15) is 0 Å². The van der Waals surface area contributed by atoms with Gasteiger partial charge in [-0.25, -0.2) is 9.18 Å². The van der Waals surface area contributed by atoms with Gasteiger partial charge in [0.1, 0.15) is 12.4 Å². The van der Waals surface area contributed by atoms with Crippen molar-refractivity contribution < 1.29 is 23.8 Å². The molecule has 0 aliphatic rings. The standard InChI is InChI=1S/C18H18FNO4/c1-18(11-16(21)22,14-7-9-15(19)10-8-14)20-17(23)24-12-13-5-3-2-4-6-13/h2-10H,11-12H2,1H3,(H,20,23)(H,21,22). The minimum absolute atomic E-state index is 0.0687. The molecular weight excluding hydrogens is 313 g/mol. The van der Waals surface area contributed by atoms with Gasteiger partial charge in [-0.15, -0.1) is 0 Å². The number of carbonyl (C=O) groups excluding carboxylic acids is 1. The average molecular weight is 331 g/mol. The second-order valence-electron chi connectivity index (χ2n) is 5.60. The van der Waals surface area contributed by atoms with Crippen LogP contribution in [0.15, 0.2) is 54.6 Å². The number of amides is 1. The molecule has 1 atom stereocenters. The van der Waals surface area contributed by atoms with Gasteiger partial charge in [0.2, 0.25) is 0 Å². The lowest BCUT2D eigenvalue weighted by Gasteiger charge is -2.29. The van der Waals surface area contributed by atoms with Crippen LogP contribution in [0.4, 0.5) is 9.18 Å². The second kappa shape index (κ2) is 7.59. The lowest BCUT2D eigenvalue weighted by molar-refractivity contribution is -0.138. The van der Waals surface area contributed by atoms with Crippen molar-refractivity contribution in [1.29, 1.82) is 0 Å². The van der Waals surface area contributed by atoms with Gasteiger partial charge in [-0.05, 0) is 30.2 Å². The fourth-order valence-electron chi connectivity index (χ4n) is 2.32. The maximum atomic E-state index is 13.1. The minimum Gasteiger partial charge on any atom is -0.481 e. The van der Waals surface area contributed by atoms with Gasteiger partial charge in [0.25, 0.3) is 0 Å². The summed E-state index contributed by atoms with van der Waals surface area (Å²) < 4.78 is 18.2. The van der Waals surface area contributed by atoms with E-state index in [4.69, 9.17) is 9.84 Å². The Morgan fingerprint density at radius 2 is 1.75 bits per heavy atom. The van der Waals surface area contributed by atoms with Gasteiger partial charge < -0.3 is 15.2 Å². The number of carboxylic acids is 1. The maximum absolute atomic E-state index is 13.1. The van der Waals surface area contributed by atoms with Gasteiger partial charge in [0.15, 0.2) is 0 Å². The van der Waals surface area contributed by atoms with Crippen LogP contribution < -0.4 is 5.32 Å². The molecule has 0 radical (unpaired) electrons. The van der Waals surface area contributed by atoms with Crippen LogP contribution >= 0.6 is 0 Å². The van der Waals surface area contributed by atoms with Crippen molar-refractivity contribution in [3.8, 4) is 0 Å². The first-order chi connectivity index (χ1) is 11.4. The molecule has 0 saturated heterocycles. The summed E-state index contributed by atoms with van der Waals surface area (Å²) in [5.41, 5.74) is 0.0742. The predicted octanol–water partition coefficient (Wildman–Crippen LogP) is 3.44. The van der Waals surface area contributed by atoms with E-state index in [0.29, 0.717) is 5.56 Å². The molecule has 0 fully saturated rings. The van der Waals surface area contributed by atoms with Gasteiger partial charge in [-0.1, -0.05) is 42.5 Å². The Morgan fingerprint density at radius 3 is 2.33 bits per heavy atom. The van der Waals surface area contributed by atoms with E-state index in [1.807, 2.05) is 30.3 Å². The molecular formula is C18H18FNO4. The molecule has 2 N–H and O–H groups in total. The van der Waals surface area contributed by atoms with Crippen molar-refractivity contribution in [2.75, 3.05) is 0 Å². The lowest BCUT2D eigenvalue weighted by Crippen LogP contribution is -2.45. The number of rotatable bonds is 6. The van der Waals surface area contributed by atoms with Crippen LogP contribution in [0.3, 0.4) is 0 Å². The highest BCUT2D eigenvalue weighted by Gasteiger charge is 2.32. The lowest BCUT2D eigenvalue weighted by atomic mass is 9.89. The maximum Gasteiger partial charge on any atom is 0.408 e. The van der Waals surface area contributed by atoms with Crippen LogP contribution in [0.25, 0.3) is 0 Å². The largest absolute Gasteiger partial charge is 0.481 e. The van der Waals surface area contributed by atoms with Crippen LogP contribution in [-0.4, -0.2) is 17.2 Å². The molecule has 2 rings (SSSR count). The number of carbonyl (C=O) groups is 2. The third kappa shape index (κ3) is 4.81. The summed E-state index contributed by atoms with van der Waals surface area (Å²) in [7, 11) is 0. The Labute approximate surface area is 139 Å². The molecule has 0 aliphatic carbocycles. The number of benzene rings is 2. The normalized spacial score (nSPS) is 12.9. The van der Waals surface area contributed by atoms with Gasteiger partial charge in [-0.3, -0.25) is 4.79 Å². The van der Waals surface area contributed by atoms with Gasteiger partial charge in [0.05, 0.1) is 12.0 Å². The van der Waals surface area contributed by atoms with Crippen molar-refractivity contribution in [2.24, 2.45) is 0 Å². The Morgan fingerprint density at radius 1 is 1.12 bits per heavy atom. The van der Waals surface area contributed by atoms with Crippen molar-refractivity contribution >= 4 is 12.1 Å². The summed E-state index contributed by atoms with van der Waals surface area (Å²) in [5, 5.41) is 11.7. The van der Waals surface area contributed by atoms with E-state index in [1.165, 1.54) is 24.3 Å². The number of hydrogen-bond donors (Lipinski definition) is 2. The summed E-state index contributed by atoms with van der Waals surface area (Å²) in [6.45, 7) is 1.62. The van der Waals surface area contributed by atoms with E-state index in [1.54, 1.807) is 6.92 Å². The number of nitrogens with one attached hydrogen (secondary N) is 1. The molecule has 0 bridgehead atoms. The Kier molecular flexibility index (Phi) is 5.52. The number of aliphatic carboxylic acids is 1. The first-order valence-corrected chi connectivity index (χ1v) is 7.36. The number of alkyl carbamates (subject to hydrolysis) is 1. The summed E-state index contributed by atoms with van der Waals surface area (Å²) >= 11 is 0. The molecule has 0 saturated carbocycles. The first-order valence-electron chi connectivity index (χ1n) is 7.36. The number of carboxylic acid groups (broad SMARTS) is 1. The Bertz CT molecular complexity index is 703. The summed E-state index contributed by atoms with van der Waals surface area (Å²) in [6, 6.07) is 14.4. The third-order valence-corrected chi connectivity index (χ3v) is 3.58. The fourth-order valence-corrected chi connectivity index (χ4v) is 2.32. The van der Waals surface area contributed by atoms with E-state index < -0.39 is 23.4 Å². The average Bonchev–Trinajstić information content (AvgIpc) is 2.53. The number of ether oxygens (including phenoxy) is 1. The van der Waals surface area contributed by atoms with Crippen molar-refractivity contribution in [3.05, 3.63) is 71.5 Å². The SMILES string of the molecule is CC(CC(=O)O)(NC(=O)OCc1ccccc1)c1ccc(F)cc1. The molecule has 0 spiro atoms. The highest BCUT2D eigenvalue weighted by atomic mass is 19.1. The van der Waals surface area contributed by atoms with Gasteiger partial charge in [0, 0.05) is 0 Å². The van der Waals surface area contributed by atoms with E-state index >= 15 is 0 Å². The van der Waals surface area contributed by atoms with Crippen LogP contribution in [0.2, 0.25) is 0 Å². The molecule has 5 nitrogen and oxygen atoms in total. The second-order valence-corrected chi connectivity index (χ2v) is 5.60. The summed E-state index contributed by atoms with van der Waals surface area (Å²) in [4.78, 5) is 23.2. The molecule has 2 aromatic rings. The van der Waals surface area contributed by atoms with Crippen molar-refractivity contribution in [1.82, 2.24) is 5.32 Å². The molecule has 126 valence electrons. The smallest absolute Gasteiger partial charge is 0.408 e. The molecule has 2 aromatic carbocycles. The zero-order valence-electron chi connectivity index (χ0n) is 13.2. The van der Waals surface area contributed by atoms with Crippen LogP contribution in [-0.2, 0) is 21.7 Å². The van der Waals surface area contributed by atoms with Gasteiger partial charge >= 0.3 is 12.1 Å². The molecule has 0 heterocycles. The Balaban J connectivity index is 2.08. The zero-order valence-corrected chi connectivity index (χ0v) is 13.2. The quantitative estimate of drug-likeness (QED) is 0.850. The molecule has 6 heteroatoms. The van der Waals surface area contributed by atoms with E-state index in [2.05, 4.69) is 5.32 Å². The van der Waals surface area contributed by atoms with E-state index in [0.717, 1.165) is 5.56 Å². The third-order valence-electron chi connectivity index (χ3n) is 3.58. The molecule has 1 unspecified atom stereocenters. The van der Waals surface area contributed by atoms with E-state index in [-0.39, 0.29) is 13.0 Å². The van der Waals surface area contributed by atoms with Crippen molar-refractivity contribution in [2.45, 2.75) is 25.5 Å². The van der Waals surface area contributed by atoms with Crippen molar-refractivity contribution in [3.63, 3.8) is 0 Å². The van der Waals surface area contributed by atoms with Crippen LogP contribution in [0.1, 0.15) is 24.5 Å². The van der Waals surface area contributed by atoms with Crippen LogP contribution in [0, 0.1) is 5.82 Å². The highest BCUT2D eigenvalue weighted by molar-refractivity contribution is 5.73. The zero-order chi connectivity index (χ0) is 17.6. The molecule has 0 aliphatic heterocycles. The number of hydrogen-bond acceptors (Lipinski definition) is 3. The van der Waals surface area contributed by atoms with E-state index in [9.17, 15) is 14.0 Å². The molecule has 24 heavy (non-hydrogen) atoms. The monoisotopic (exact) mass is 331 g/mol. The minimum atomic E-state index is -1.21.